The van der Waals surface area contributed by atoms with Crippen LogP contribution in [-0.4, -0.2) is 27.2 Å². The second-order valence-electron chi connectivity index (χ2n) is 4.71. The second kappa shape index (κ2) is 5.66. The molecule has 0 amide bonds. The lowest BCUT2D eigenvalue weighted by atomic mass is 10.1. The summed E-state index contributed by atoms with van der Waals surface area (Å²) in [4.78, 5) is 0.0579. The number of hydrogen-bond donors (Lipinski definition) is 2. The number of rotatable bonds is 3. The van der Waals surface area contributed by atoms with Crippen LogP contribution in [0.2, 0.25) is 5.02 Å². The Morgan fingerprint density at radius 3 is 2.84 bits per heavy atom. The largest absolute Gasteiger partial charge is 0.399 e. The van der Waals surface area contributed by atoms with E-state index in [1.54, 1.807) is 0 Å². The fourth-order valence-electron chi connectivity index (χ4n) is 2.12. The molecule has 1 fully saturated rings. The molecule has 106 valence electrons. The standard InChI is InChI=1S/C12H17ClN2O3S/c1-8-6-10(4-5-18-8)15-19(16,17)12-3-2-9(14)7-11(12)13/h2-3,7-8,10,15H,4-6,14H2,1H3. The molecule has 2 rings (SSSR count). The molecule has 1 saturated heterocycles. The quantitative estimate of drug-likeness (QED) is 0.834. The molecule has 1 heterocycles. The summed E-state index contributed by atoms with van der Waals surface area (Å²) in [7, 11) is -3.62. The van der Waals surface area contributed by atoms with Crippen LogP contribution in [0.3, 0.4) is 0 Å². The number of nitrogens with one attached hydrogen (secondary N) is 1. The van der Waals surface area contributed by atoms with Gasteiger partial charge >= 0.3 is 0 Å². The Hall–Kier alpha value is -0.820. The molecule has 1 aliphatic heterocycles. The Morgan fingerprint density at radius 2 is 2.21 bits per heavy atom. The topological polar surface area (TPSA) is 81.4 Å². The highest BCUT2D eigenvalue weighted by Crippen LogP contribution is 2.25. The van der Waals surface area contributed by atoms with Crippen molar-refractivity contribution in [2.24, 2.45) is 0 Å². The van der Waals surface area contributed by atoms with Crippen molar-refractivity contribution in [3.63, 3.8) is 0 Å². The Kier molecular flexibility index (Phi) is 4.35. The van der Waals surface area contributed by atoms with E-state index in [-0.39, 0.29) is 22.1 Å². The van der Waals surface area contributed by atoms with Crippen LogP contribution in [0.5, 0.6) is 0 Å². The van der Waals surface area contributed by atoms with Gasteiger partial charge in [0, 0.05) is 18.3 Å². The lowest BCUT2D eigenvalue weighted by Crippen LogP contribution is -2.41. The van der Waals surface area contributed by atoms with Crippen LogP contribution in [-0.2, 0) is 14.8 Å². The number of halogens is 1. The first-order valence-corrected chi connectivity index (χ1v) is 7.93. The molecule has 2 atom stereocenters. The van der Waals surface area contributed by atoms with Crippen LogP contribution in [0, 0.1) is 0 Å². The average Bonchev–Trinajstić information content (AvgIpc) is 2.27. The Bertz CT molecular complexity index is 562. The van der Waals surface area contributed by atoms with E-state index in [4.69, 9.17) is 22.1 Å². The van der Waals surface area contributed by atoms with Crippen LogP contribution in [0.25, 0.3) is 0 Å². The summed E-state index contributed by atoms with van der Waals surface area (Å²) in [6, 6.07) is 4.25. The van der Waals surface area contributed by atoms with Gasteiger partial charge in [0.15, 0.2) is 0 Å². The molecule has 0 spiro atoms. The minimum absolute atomic E-state index is 0.0579. The first-order valence-electron chi connectivity index (χ1n) is 6.07. The molecule has 0 saturated carbocycles. The van der Waals surface area contributed by atoms with Gasteiger partial charge in [-0.1, -0.05) is 11.6 Å². The van der Waals surface area contributed by atoms with Crippen molar-refractivity contribution in [1.82, 2.24) is 4.72 Å². The van der Waals surface area contributed by atoms with Crippen LogP contribution >= 0.6 is 11.6 Å². The molecule has 5 nitrogen and oxygen atoms in total. The summed E-state index contributed by atoms with van der Waals surface area (Å²) in [6.07, 6.45) is 1.38. The molecule has 1 aromatic rings. The van der Waals surface area contributed by atoms with Crippen molar-refractivity contribution in [3.05, 3.63) is 23.2 Å². The maximum Gasteiger partial charge on any atom is 0.242 e. The third-order valence-corrected chi connectivity index (χ3v) is 5.06. The predicted molar refractivity (Wildman–Crippen MR) is 74.6 cm³/mol. The molecule has 0 aliphatic carbocycles. The van der Waals surface area contributed by atoms with Crippen molar-refractivity contribution >= 4 is 27.3 Å². The molecule has 0 radical (unpaired) electrons. The zero-order valence-corrected chi connectivity index (χ0v) is 12.2. The van der Waals surface area contributed by atoms with Gasteiger partial charge in [0.2, 0.25) is 10.0 Å². The number of anilines is 1. The molecule has 2 unspecified atom stereocenters. The van der Waals surface area contributed by atoms with E-state index >= 15 is 0 Å². The zero-order chi connectivity index (χ0) is 14.0. The van der Waals surface area contributed by atoms with Crippen molar-refractivity contribution in [3.8, 4) is 0 Å². The summed E-state index contributed by atoms with van der Waals surface area (Å²) in [5.41, 5.74) is 5.99. The molecule has 3 N–H and O–H groups in total. The fourth-order valence-corrected chi connectivity index (χ4v) is 3.96. The normalized spacial score (nSPS) is 24.3. The first-order chi connectivity index (χ1) is 8.88. The Morgan fingerprint density at radius 1 is 1.47 bits per heavy atom. The third-order valence-electron chi connectivity index (χ3n) is 3.05. The lowest BCUT2D eigenvalue weighted by Gasteiger charge is -2.27. The second-order valence-corrected chi connectivity index (χ2v) is 6.80. The van der Waals surface area contributed by atoms with Gasteiger partial charge in [-0.3, -0.25) is 0 Å². The van der Waals surface area contributed by atoms with Crippen LogP contribution in [0.1, 0.15) is 19.8 Å². The Balaban J connectivity index is 2.18. The summed E-state index contributed by atoms with van der Waals surface area (Å²) >= 11 is 5.94. The van der Waals surface area contributed by atoms with Crippen LogP contribution in [0.15, 0.2) is 23.1 Å². The van der Waals surface area contributed by atoms with Gasteiger partial charge in [-0.2, -0.15) is 0 Å². The zero-order valence-electron chi connectivity index (χ0n) is 10.6. The summed E-state index contributed by atoms with van der Waals surface area (Å²) in [5, 5.41) is 0.132. The SMILES string of the molecule is CC1CC(NS(=O)(=O)c2ccc(N)cc2Cl)CCO1. The van der Waals surface area contributed by atoms with Gasteiger partial charge in [0.1, 0.15) is 4.90 Å². The predicted octanol–water partition coefficient (Wildman–Crippen LogP) is 1.77. The van der Waals surface area contributed by atoms with Crippen LogP contribution < -0.4 is 10.5 Å². The van der Waals surface area contributed by atoms with Crippen LogP contribution in [0.4, 0.5) is 5.69 Å². The number of sulfonamides is 1. The van der Waals surface area contributed by atoms with Crippen molar-refractivity contribution in [2.45, 2.75) is 36.8 Å². The summed E-state index contributed by atoms with van der Waals surface area (Å²) in [5.74, 6) is 0. The van der Waals surface area contributed by atoms with E-state index < -0.39 is 10.0 Å². The summed E-state index contributed by atoms with van der Waals surface area (Å²) in [6.45, 7) is 2.49. The van der Waals surface area contributed by atoms with E-state index in [1.807, 2.05) is 6.92 Å². The lowest BCUT2D eigenvalue weighted by molar-refractivity contribution is 0.0173. The molecule has 0 bridgehead atoms. The average molecular weight is 305 g/mol. The number of nitrogen functional groups attached to an aromatic ring is 1. The molecule has 7 heteroatoms. The van der Waals surface area contributed by atoms with Crippen molar-refractivity contribution in [1.29, 1.82) is 0 Å². The molecular formula is C12H17ClN2O3S. The first kappa shape index (κ1) is 14.6. The number of nitrogens with two attached hydrogens (primary N) is 1. The van der Waals surface area contributed by atoms with Gasteiger partial charge < -0.3 is 10.5 Å². The maximum atomic E-state index is 12.3. The fraction of sp³-hybridized carbons (Fsp3) is 0.500. The molecule has 0 aromatic heterocycles. The highest BCUT2D eigenvalue weighted by atomic mass is 35.5. The van der Waals surface area contributed by atoms with Gasteiger partial charge in [-0.15, -0.1) is 0 Å². The maximum absolute atomic E-state index is 12.3. The smallest absolute Gasteiger partial charge is 0.242 e. The van der Waals surface area contributed by atoms with Gasteiger partial charge in [0.25, 0.3) is 0 Å². The Labute approximate surface area is 118 Å². The monoisotopic (exact) mass is 304 g/mol. The van der Waals surface area contributed by atoms with E-state index in [1.165, 1.54) is 18.2 Å². The van der Waals surface area contributed by atoms with E-state index in [0.717, 1.165) is 0 Å². The number of benzene rings is 1. The van der Waals surface area contributed by atoms with E-state index in [9.17, 15) is 8.42 Å². The minimum atomic E-state index is -3.62. The number of hydrogen-bond acceptors (Lipinski definition) is 4. The highest BCUT2D eigenvalue weighted by molar-refractivity contribution is 7.89. The van der Waals surface area contributed by atoms with Gasteiger partial charge in [-0.25, -0.2) is 13.1 Å². The molecule has 1 aliphatic rings. The van der Waals surface area contributed by atoms with E-state index in [2.05, 4.69) is 4.72 Å². The van der Waals surface area contributed by atoms with Crippen molar-refractivity contribution in [2.75, 3.05) is 12.3 Å². The summed E-state index contributed by atoms with van der Waals surface area (Å²) < 4.78 is 32.6. The number of ether oxygens (including phenoxy) is 1. The highest BCUT2D eigenvalue weighted by Gasteiger charge is 2.26. The van der Waals surface area contributed by atoms with Gasteiger partial charge in [0.05, 0.1) is 11.1 Å². The molecule has 19 heavy (non-hydrogen) atoms. The molecule has 1 aromatic carbocycles. The van der Waals surface area contributed by atoms with E-state index in [0.29, 0.717) is 25.1 Å². The van der Waals surface area contributed by atoms with Gasteiger partial charge in [-0.05, 0) is 38.0 Å². The third kappa shape index (κ3) is 3.60. The van der Waals surface area contributed by atoms with Crippen molar-refractivity contribution < 1.29 is 13.2 Å². The molecular weight excluding hydrogens is 288 g/mol. The minimum Gasteiger partial charge on any atom is -0.399 e.